The normalized spacial score (nSPS) is 16.4. The number of hydrogen-bond acceptors (Lipinski definition) is 5. The number of allylic oxidation sites excluding steroid dienone is 1. The Morgan fingerprint density at radius 1 is 1.23 bits per heavy atom. The van der Waals surface area contributed by atoms with Crippen molar-refractivity contribution in [2.75, 3.05) is 0 Å². The highest BCUT2D eigenvalue weighted by atomic mass is 16.6. The van der Waals surface area contributed by atoms with Crippen LogP contribution in [0.4, 0.5) is 5.69 Å². The first-order valence-electron chi connectivity index (χ1n) is 6.52. The van der Waals surface area contributed by atoms with Crippen molar-refractivity contribution in [2.24, 2.45) is 5.73 Å². The van der Waals surface area contributed by atoms with Crippen LogP contribution in [0.15, 0.2) is 60.0 Å². The van der Waals surface area contributed by atoms with E-state index in [0.717, 1.165) is 5.56 Å². The molecule has 0 aromatic heterocycles. The third-order valence-corrected chi connectivity index (χ3v) is 3.54. The Bertz CT molecular complexity index is 837. The number of nitro groups is 1. The molecule has 22 heavy (non-hydrogen) atoms. The second kappa shape index (κ2) is 5.22. The van der Waals surface area contributed by atoms with Crippen LogP contribution in [-0.4, -0.2) is 4.92 Å². The van der Waals surface area contributed by atoms with Gasteiger partial charge in [-0.2, -0.15) is 5.26 Å². The Hall–Kier alpha value is -3.33. The molecule has 3 rings (SSSR count). The lowest BCUT2D eigenvalue weighted by atomic mass is 9.83. The fraction of sp³-hybridized carbons (Fsp3) is 0.0625. The van der Waals surface area contributed by atoms with E-state index in [1.165, 1.54) is 12.1 Å². The van der Waals surface area contributed by atoms with Gasteiger partial charge in [-0.3, -0.25) is 10.1 Å². The van der Waals surface area contributed by atoms with E-state index in [2.05, 4.69) is 6.07 Å². The van der Waals surface area contributed by atoms with Crippen molar-refractivity contribution in [3.05, 3.63) is 81.2 Å². The van der Waals surface area contributed by atoms with Crippen LogP contribution < -0.4 is 10.5 Å². The highest BCUT2D eigenvalue weighted by molar-refractivity contribution is 5.56. The predicted molar refractivity (Wildman–Crippen MR) is 78.8 cm³/mol. The summed E-state index contributed by atoms with van der Waals surface area (Å²) in [6.07, 6.45) is 0. The van der Waals surface area contributed by atoms with Gasteiger partial charge in [-0.15, -0.1) is 0 Å². The summed E-state index contributed by atoms with van der Waals surface area (Å²) in [7, 11) is 0. The highest BCUT2D eigenvalue weighted by Crippen LogP contribution is 2.42. The third kappa shape index (κ3) is 2.15. The molecular formula is C16H11N3O3. The zero-order valence-electron chi connectivity index (χ0n) is 11.4. The molecule has 2 aromatic rings. The van der Waals surface area contributed by atoms with Gasteiger partial charge in [-0.1, -0.05) is 30.3 Å². The number of ether oxygens (including phenoxy) is 1. The number of nitriles is 1. The topological polar surface area (TPSA) is 102 Å². The minimum absolute atomic E-state index is 0.0257. The monoisotopic (exact) mass is 293 g/mol. The fourth-order valence-electron chi connectivity index (χ4n) is 2.57. The fourth-order valence-corrected chi connectivity index (χ4v) is 2.57. The molecule has 0 saturated heterocycles. The Morgan fingerprint density at radius 3 is 2.73 bits per heavy atom. The van der Waals surface area contributed by atoms with Crippen molar-refractivity contribution in [3.63, 3.8) is 0 Å². The van der Waals surface area contributed by atoms with Crippen LogP contribution in [-0.2, 0) is 0 Å². The maximum Gasteiger partial charge on any atom is 0.269 e. The van der Waals surface area contributed by atoms with Crippen molar-refractivity contribution in [1.82, 2.24) is 0 Å². The van der Waals surface area contributed by atoms with E-state index in [1.54, 1.807) is 24.3 Å². The van der Waals surface area contributed by atoms with Crippen LogP contribution in [0.2, 0.25) is 0 Å². The Kier molecular flexibility index (Phi) is 3.24. The molecule has 0 bridgehead atoms. The number of nitro benzene ring substituents is 1. The average molecular weight is 293 g/mol. The van der Waals surface area contributed by atoms with Gasteiger partial charge in [0.1, 0.15) is 17.4 Å². The number of para-hydroxylation sites is 1. The molecule has 0 aliphatic carbocycles. The van der Waals surface area contributed by atoms with Crippen LogP contribution in [0.3, 0.4) is 0 Å². The van der Waals surface area contributed by atoms with E-state index in [9.17, 15) is 15.4 Å². The molecule has 0 saturated carbocycles. The van der Waals surface area contributed by atoms with Crippen LogP contribution in [0.1, 0.15) is 17.0 Å². The van der Waals surface area contributed by atoms with Gasteiger partial charge in [0.15, 0.2) is 0 Å². The molecule has 0 amide bonds. The van der Waals surface area contributed by atoms with E-state index in [0.29, 0.717) is 11.3 Å². The van der Waals surface area contributed by atoms with E-state index >= 15 is 0 Å². The summed E-state index contributed by atoms with van der Waals surface area (Å²) in [5, 5.41) is 20.4. The van der Waals surface area contributed by atoms with Crippen LogP contribution in [0.5, 0.6) is 5.75 Å². The van der Waals surface area contributed by atoms with Crippen LogP contribution >= 0.6 is 0 Å². The number of non-ortho nitro benzene ring substituents is 1. The van der Waals surface area contributed by atoms with Gasteiger partial charge in [-0.05, 0) is 11.6 Å². The maximum absolute atomic E-state index is 11.0. The lowest BCUT2D eigenvalue weighted by Gasteiger charge is -2.26. The average Bonchev–Trinajstić information content (AvgIpc) is 2.53. The molecule has 1 atom stereocenters. The minimum Gasteiger partial charge on any atom is -0.440 e. The van der Waals surface area contributed by atoms with Gasteiger partial charge in [0.2, 0.25) is 5.88 Å². The maximum atomic E-state index is 11.0. The first-order chi connectivity index (χ1) is 10.6. The minimum atomic E-state index is -0.477. The number of nitrogens with two attached hydrogens (primary N) is 1. The van der Waals surface area contributed by atoms with Gasteiger partial charge in [-0.25, -0.2) is 0 Å². The van der Waals surface area contributed by atoms with E-state index in [-0.39, 0.29) is 17.1 Å². The van der Waals surface area contributed by atoms with Crippen LogP contribution in [0.25, 0.3) is 0 Å². The summed E-state index contributed by atoms with van der Waals surface area (Å²) in [5.41, 5.74) is 7.44. The molecule has 0 fully saturated rings. The Morgan fingerprint density at radius 2 is 2.00 bits per heavy atom. The Balaban J connectivity index is 2.21. The zero-order chi connectivity index (χ0) is 15.7. The van der Waals surface area contributed by atoms with Gasteiger partial charge in [0.05, 0.1) is 10.8 Å². The smallest absolute Gasteiger partial charge is 0.269 e. The summed E-state index contributed by atoms with van der Waals surface area (Å²) in [6, 6.07) is 15.4. The van der Waals surface area contributed by atoms with Crippen molar-refractivity contribution < 1.29 is 9.66 Å². The lowest BCUT2D eigenvalue weighted by Crippen LogP contribution is -2.20. The van der Waals surface area contributed by atoms with E-state index < -0.39 is 10.8 Å². The first-order valence-corrected chi connectivity index (χ1v) is 6.52. The summed E-state index contributed by atoms with van der Waals surface area (Å²) in [6.45, 7) is 0. The summed E-state index contributed by atoms with van der Waals surface area (Å²) < 4.78 is 5.47. The van der Waals surface area contributed by atoms with Gasteiger partial charge >= 0.3 is 0 Å². The van der Waals surface area contributed by atoms with E-state index in [4.69, 9.17) is 10.5 Å². The molecule has 1 unspecified atom stereocenters. The number of benzene rings is 2. The molecule has 0 radical (unpaired) electrons. The predicted octanol–water partition coefficient (Wildman–Crippen LogP) is 2.81. The standard InChI is InChI=1S/C16H11N3O3/c17-9-13-15(10-4-3-5-11(8-10)19(20)21)12-6-1-2-7-14(12)22-16(13)18/h1-8,15H,18H2. The molecule has 1 aliphatic heterocycles. The highest BCUT2D eigenvalue weighted by Gasteiger charge is 2.30. The first kappa shape index (κ1) is 13.6. The van der Waals surface area contributed by atoms with Gasteiger partial charge in [0, 0.05) is 17.7 Å². The Labute approximate surface area is 126 Å². The molecule has 1 aliphatic rings. The number of hydrogen-bond donors (Lipinski definition) is 1. The third-order valence-electron chi connectivity index (χ3n) is 3.54. The molecule has 0 spiro atoms. The summed E-state index contributed by atoms with van der Waals surface area (Å²) in [4.78, 5) is 10.5. The molecule has 108 valence electrons. The molecule has 2 aromatic carbocycles. The van der Waals surface area contributed by atoms with E-state index in [1.807, 2.05) is 12.1 Å². The SMILES string of the molecule is N#CC1=C(N)Oc2ccccc2C1c1cccc([N+](=O)[O-])c1. The quantitative estimate of drug-likeness (QED) is 0.677. The lowest BCUT2D eigenvalue weighted by molar-refractivity contribution is -0.384. The number of fused-ring (bicyclic) bond motifs is 1. The van der Waals surface area contributed by atoms with Crippen molar-refractivity contribution >= 4 is 5.69 Å². The van der Waals surface area contributed by atoms with Crippen LogP contribution in [0, 0.1) is 21.4 Å². The summed E-state index contributed by atoms with van der Waals surface area (Å²) >= 11 is 0. The molecule has 1 heterocycles. The van der Waals surface area contributed by atoms with Crippen molar-refractivity contribution in [1.29, 1.82) is 5.26 Å². The zero-order valence-corrected chi connectivity index (χ0v) is 11.4. The number of rotatable bonds is 2. The second-order valence-electron chi connectivity index (χ2n) is 4.81. The molecule has 6 nitrogen and oxygen atoms in total. The van der Waals surface area contributed by atoms with Gasteiger partial charge in [0.25, 0.3) is 5.69 Å². The largest absolute Gasteiger partial charge is 0.440 e. The molecular weight excluding hydrogens is 282 g/mol. The van der Waals surface area contributed by atoms with Crippen molar-refractivity contribution in [3.8, 4) is 11.8 Å². The second-order valence-corrected chi connectivity index (χ2v) is 4.81. The van der Waals surface area contributed by atoms with Crippen molar-refractivity contribution in [2.45, 2.75) is 5.92 Å². The van der Waals surface area contributed by atoms with Gasteiger partial charge < -0.3 is 10.5 Å². The molecule has 6 heteroatoms. The number of nitrogens with zero attached hydrogens (tertiary/aromatic N) is 2. The summed E-state index contributed by atoms with van der Waals surface area (Å²) in [5.74, 6) is 0.100. The molecule has 2 N–H and O–H groups in total.